The van der Waals surface area contributed by atoms with Gasteiger partial charge in [-0.2, -0.15) is 0 Å². The maximum absolute atomic E-state index is 12.4. The van der Waals surface area contributed by atoms with Crippen LogP contribution >= 0.6 is 0 Å². The standard InChI is InChI=1S/C24H33N3O/c1-3-11-24(12-4-2)13-17-27(18-14-24)22-7-5-21(6-8-22)23(28)26-19-20-9-15-25-16-10-20/h5-10,15-16H,3-4,11-14,17-19H2,1-2H3,(H,26,28). The van der Waals surface area contributed by atoms with Gasteiger partial charge in [-0.3, -0.25) is 9.78 Å². The number of piperidine rings is 1. The SMILES string of the molecule is CCCC1(CCC)CCN(c2ccc(C(=O)NCc3ccncc3)cc2)CC1. The van der Waals surface area contributed by atoms with E-state index >= 15 is 0 Å². The Kier molecular flexibility index (Phi) is 7.07. The summed E-state index contributed by atoms with van der Waals surface area (Å²) >= 11 is 0. The molecule has 1 aromatic heterocycles. The lowest BCUT2D eigenvalue weighted by molar-refractivity contribution is 0.0951. The quantitative estimate of drug-likeness (QED) is 0.686. The molecular weight excluding hydrogens is 346 g/mol. The Morgan fingerprint density at radius 3 is 2.18 bits per heavy atom. The van der Waals surface area contributed by atoms with Crippen LogP contribution in [-0.4, -0.2) is 24.0 Å². The van der Waals surface area contributed by atoms with Crippen molar-refractivity contribution in [3.63, 3.8) is 0 Å². The molecular formula is C24H33N3O. The molecule has 1 aliphatic heterocycles. The van der Waals surface area contributed by atoms with Crippen LogP contribution in [-0.2, 0) is 6.54 Å². The Morgan fingerprint density at radius 1 is 1.00 bits per heavy atom. The van der Waals surface area contributed by atoms with Crippen molar-refractivity contribution in [1.82, 2.24) is 10.3 Å². The molecule has 0 aliphatic carbocycles. The first-order chi connectivity index (χ1) is 13.7. The number of carbonyl (C=O) groups is 1. The second-order valence-electron chi connectivity index (χ2n) is 8.07. The van der Waals surface area contributed by atoms with E-state index in [1.807, 2.05) is 24.3 Å². The van der Waals surface area contributed by atoms with E-state index in [-0.39, 0.29) is 5.91 Å². The van der Waals surface area contributed by atoms with Crippen LogP contribution in [0.2, 0.25) is 0 Å². The number of hydrogen-bond donors (Lipinski definition) is 1. The van der Waals surface area contributed by atoms with Crippen LogP contribution in [0.1, 0.15) is 68.3 Å². The number of carbonyl (C=O) groups excluding carboxylic acids is 1. The number of benzene rings is 1. The summed E-state index contributed by atoms with van der Waals surface area (Å²) in [5.41, 5.74) is 3.54. The van der Waals surface area contributed by atoms with Crippen molar-refractivity contribution in [3.8, 4) is 0 Å². The summed E-state index contributed by atoms with van der Waals surface area (Å²) in [5.74, 6) is -0.0353. The van der Waals surface area contributed by atoms with Gasteiger partial charge in [-0.25, -0.2) is 0 Å². The first-order valence-electron chi connectivity index (χ1n) is 10.7. The molecule has 1 aromatic carbocycles. The van der Waals surface area contributed by atoms with Gasteiger partial charge in [-0.1, -0.05) is 26.7 Å². The number of aromatic nitrogens is 1. The molecule has 1 amide bonds. The molecule has 0 bridgehead atoms. The monoisotopic (exact) mass is 379 g/mol. The van der Waals surface area contributed by atoms with Crippen LogP contribution < -0.4 is 10.2 Å². The summed E-state index contributed by atoms with van der Waals surface area (Å²) in [7, 11) is 0. The van der Waals surface area contributed by atoms with Gasteiger partial charge in [0.15, 0.2) is 0 Å². The Labute approximate surface area is 169 Å². The maximum atomic E-state index is 12.4. The highest BCUT2D eigenvalue weighted by molar-refractivity contribution is 5.94. The first kappa shape index (κ1) is 20.4. The molecule has 1 saturated heterocycles. The van der Waals surface area contributed by atoms with Gasteiger partial charge >= 0.3 is 0 Å². The molecule has 28 heavy (non-hydrogen) atoms. The summed E-state index contributed by atoms with van der Waals surface area (Å²) in [5, 5.41) is 2.97. The van der Waals surface area contributed by atoms with Gasteiger partial charge in [0.25, 0.3) is 5.91 Å². The number of nitrogens with zero attached hydrogens (tertiary/aromatic N) is 2. The highest BCUT2D eigenvalue weighted by atomic mass is 16.1. The Morgan fingerprint density at radius 2 is 1.61 bits per heavy atom. The Bertz CT molecular complexity index is 726. The molecule has 0 unspecified atom stereocenters. The van der Waals surface area contributed by atoms with E-state index < -0.39 is 0 Å². The minimum absolute atomic E-state index is 0.0353. The molecule has 3 rings (SSSR count). The molecule has 2 aromatic rings. The summed E-state index contributed by atoms with van der Waals surface area (Å²) in [4.78, 5) is 18.9. The third-order valence-corrected chi connectivity index (χ3v) is 6.08. The summed E-state index contributed by atoms with van der Waals surface area (Å²) in [6, 6.07) is 11.9. The lowest BCUT2D eigenvalue weighted by atomic mass is 9.72. The van der Waals surface area contributed by atoms with Gasteiger partial charge in [0.05, 0.1) is 0 Å². The second kappa shape index (κ2) is 9.72. The summed E-state index contributed by atoms with van der Waals surface area (Å²) < 4.78 is 0. The summed E-state index contributed by atoms with van der Waals surface area (Å²) in [6.45, 7) is 7.37. The number of amides is 1. The minimum atomic E-state index is -0.0353. The fraction of sp³-hybridized carbons (Fsp3) is 0.500. The topological polar surface area (TPSA) is 45.2 Å². The largest absolute Gasteiger partial charge is 0.371 e. The van der Waals surface area contributed by atoms with E-state index in [1.165, 1.54) is 44.2 Å². The number of pyridine rings is 1. The molecule has 0 spiro atoms. The molecule has 1 fully saturated rings. The zero-order valence-corrected chi connectivity index (χ0v) is 17.3. The van der Waals surface area contributed by atoms with E-state index in [1.54, 1.807) is 12.4 Å². The van der Waals surface area contributed by atoms with Crippen molar-refractivity contribution in [2.45, 2.75) is 58.9 Å². The van der Waals surface area contributed by atoms with Gasteiger partial charge in [0, 0.05) is 43.3 Å². The van der Waals surface area contributed by atoms with E-state index in [4.69, 9.17) is 0 Å². The highest BCUT2D eigenvalue weighted by Crippen LogP contribution is 2.41. The van der Waals surface area contributed by atoms with Crippen molar-refractivity contribution >= 4 is 11.6 Å². The molecule has 4 heteroatoms. The fourth-order valence-corrected chi connectivity index (χ4v) is 4.53. The maximum Gasteiger partial charge on any atom is 0.251 e. The number of rotatable bonds is 8. The van der Waals surface area contributed by atoms with Gasteiger partial charge in [-0.05, 0) is 73.1 Å². The summed E-state index contributed by atoms with van der Waals surface area (Å²) in [6.07, 6.45) is 11.3. The molecule has 0 saturated carbocycles. The Hall–Kier alpha value is -2.36. The van der Waals surface area contributed by atoms with E-state index in [9.17, 15) is 4.79 Å². The third kappa shape index (κ3) is 5.12. The lowest BCUT2D eigenvalue weighted by Gasteiger charge is -2.43. The van der Waals surface area contributed by atoms with Crippen molar-refractivity contribution in [1.29, 1.82) is 0 Å². The van der Waals surface area contributed by atoms with Gasteiger partial charge in [-0.15, -0.1) is 0 Å². The normalized spacial score (nSPS) is 16.0. The minimum Gasteiger partial charge on any atom is -0.371 e. The average molecular weight is 380 g/mol. The molecule has 0 atom stereocenters. The number of nitrogens with one attached hydrogen (secondary N) is 1. The molecule has 2 heterocycles. The van der Waals surface area contributed by atoms with Gasteiger partial charge in [0.2, 0.25) is 0 Å². The van der Waals surface area contributed by atoms with Crippen molar-refractivity contribution in [2.75, 3.05) is 18.0 Å². The third-order valence-electron chi connectivity index (χ3n) is 6.08. The van der Waals surface area contributed by atoms with E-state index in [0.717, 1.165) is 18.7 Å². The van der Waals surface area contributed by atoms with Crippen LogP contribution in [0.5, 0.6) is 0 Å². The van der Waals surface area contributed by atoms with E-state index in [0.29, 0.717) is 17.5 Å². The van der Waals surface area contributed by atoms with Crippen LogP contribution in [0.15, 0.2) is 48.8 Å². The zero-order chi connectivity index (χ0) is 19.8. The predicted octanol–water partition coefficient (Wildman–Crippen LogP) is 5.20. The number of hydrogen-bond acceptors (Lipinski definition) is 3. The van der Waals surface area contributed by atoms with Crippen LogP contribution in [0.3, 0.4) is 0 Å². The molecule has 150 valence electrons. The van der Waals surface area contributed by atoms with Crippen molar-refractivity contribution in [2.24, 2.45) is 5.41 Å². The lowest BCUT2D eigenvalue weighted by Crippen LogP contribution is -2.40. The predicted molar refractivity (Wildman–Crippen MR) is 116 cm³/mol. The van der Waals surface area contributed by atoms with Crippen LogP contribution in [0.4, 0.5) is 5.69 Å². The molecule has 1 N–H and O–H groups in total. The van der Waals surface area contributed by atoms with Crippen LogP contribution in [0, 0.1) is 5.41 Å². The van der Waals surface area contributed by atoms with Gasteiger partial charge < -0.3 is 10.2 Å². The molecule has 1 aliphatic rings. The smallest absolute Gasteiger partial charge is 0.251 e. The van der Waals surface area contributed by atoms with Gasteiger partial charge in [0.1, 0.15) is 0 Å². The highest BCUT2D eigenvalue weighted by Gasteiger charge is 2.32. The van der Waals surface area contributed by atoms with Crippen molar-refractivity contribution < 1.29 is 4.79 Å². The van der Waals surface area contributed by atoms with E-state index in [2.05, 4.69) is 41.2 Å². The van der Waals surface area contributed by atoms with Crippen LogP contribution in [0.25, 0.3) is 0 Å². The zero-order valence-electron chi connectivity index (χ0n) is 17.3. The van der Waals surface area contributed by atoms with Crippen molar-refractivity contribution in [3.05, 3.63) is 59.9 Å². The Balaban J connectivity index is 1.55. The fourth-order valence-electron chi connectivity index (χ4n) is 4.53. The molecule has 4 nitrogen and oxygen atoms in total. The number of anilines is 1. The first-order valence-corrected chi connectivity index (χ1v) is 10.7. The second-order valence-corrected chi connectivity index (χ2v) is 8.07. The molecule has 0 radical (unpaired) electrons. The average Bonchev–Trinajstić information content (AvgIpc) is 2.74.